The van der Waals surface area contributed by atoms with E-state index in [1.54, 1.807) is 19.1 Å². The molecule has 19 nitrogen and oxygen atoms in total. The molecule has 2 saturated carbocycles. The van der Waals surface area contributed by atoms with Crippen molar-refractivity contribution < 1.29 is 41.5 Å². The molecule has 4 fully saturated rings. The van der Waals surface area contributed by atoms with Gasteiger partial charge in [-0.05, 0) is 123 Å². The summed E-state index contributed by atoms with van der Waals surface area (Å²) in [6.07, 6.45) is 10.6. The highest BCUT2D eigenvalue weighted by Crippen LogP contribution is 2.54. The molecule has 21 heteroatoms. The monoisotopic (exact) mass is 1100 g/mol. The standard InChI is InChI=1S/C58H67FN10O9S/c1-35(2)42-8-6-7-9-43(42)49-34-66(33-38-14-19-60-55-45(38)24-36(3)77-55)22-23-68(49)40-28-58(29-40)17-20-67(21-18-58)39-10-11-44(50(25-39)78-51-27-46-47(59)32-63-52(46)64-56(51)76-5)54(70)65-79(74,75)41-26-48(69(72)73)53(62-31-41)61-30-37-12-15-57(4,71)16-13-37/h6-11,14,19,24-27,31-32,35,37,40,49,71H,12-13,15-18,20-23,28-30,33-34H2,1-5H3,(H,61,62)(H,63,64)(H,65,70)/t37?,49-,57?/m0/s1. The Kier molecular flexibility index (Phi) is 14.6. The number of ether oxygens (including phenoxy) is 2. The Morgan fingerprint density at radius 3 is 2.52 bits per heavy atom. The van der Waals surface area contributed by atoms with Crippen molar-refractivity contribution in [2.24, 2.45) is 11.3 Å². The summed E-state index contributed by atoms with van der Waals surface area (Å²) in [6.45, 7) is 13.7. The first-order valence-electron chi connectivity index (χ1n) is 27.2. The number of pyridine rings is 3. The number of sulfonamides is 1. The summed E-state index contributed by atoms with van der Waals surface area (Å²) in [4.78, 5) is 48.4. The number of benzene rings is 2. The molecule has 4 N–H and O–H groups in total. The Labute approximate surface area is 458 Å². The maximum absolute atomic E-state index is 14.9. The molecule has 0 unspecified atom stereocenters. The number of aliphatic hydroxyl groups is 1. The number of halogens is 1. The van der Waals surface area contributed by atoms with Gasteiger partial charge in [-0.3, -0.25) is 24.7 Å². The van der Waals surface area contributed by atoms with Crippen molar-refractivity contribution in [2.45, 2.75) is 114 Å². The minimum Gasteiger partial charge on any atom is -0.478 e. The molecule has 1 amide bonds. The molecule has 4 aliphatic rings. The first-order valence-corrected chi connectivity index (χ1v) is 28.7. The summed E-state index contributed by atoms with van der Waals surface area (Å²) < 4.78 is 62.6. The number of aryl methyl sites for hydroxylation is 1. The number of aromatic amines is 1. The van der Waals surface area contributed by atoms with Crippen LogP contribution in [0.2, 0.25) is 0 Å². The molecular weight excluding hydrogens is 1030 g/mol. The largest absolute Gasteiger partial charge is 0.478 e. The van der Waals surface area contributed by atoms with Gasteiger partial charge in [-0.2, -0.15) is 4.98 Å². The smallest absolute Gasteiger partial charge is 0.312 e. The van der Waals surface area contributed by atoms with Crippen LogP contribution in [0.3, 0.4) is 0 Å². The van der Waals surface area contributed by atoms with E-state index in [9.17, 15) is 32.8 Å². The number of hydrogen-bond donors (Lipinski definition) is 4. The molecule has 1 atom stereocenters. The van der Waals surface area contributed by atoms with Crippen LogP contribution in [0, 0.1) is 34.2 Å². The van der Waals surface area contributed by atoms with E-state index in [1.807, 2.05) is 13.1 Å². The summed E-state index contributed by atoms with van der Waals surface area (Å²) in [5, 5.41) is 26.8. The third-order valence-electron chi connectivity index (χ3n) is 17.0. The van der Waals surface area contributed by atoms with Crippen molar-refractivity contribution in [2.75, 3.05) is 56.6 Å². The van der Waals surface area contributed by atoms with Gasteiger partial charge in [-0.25, -0.2) is 27.5 Å². The Bertz CT molecular complexity index is 3540. The van der Waals surface area contributed by atoms with Crippen molar-refractivity contribution in [1.29, 1.82) is 0 Å². The van der Waals surface area contributed by atoms with Gasteiger partial charge in [0.25, 0.3) is 21.8 Å². The summed E-state index contributed by atoms with van der Waals surface area (Å²) in [5.74, 6) is -0.541. The minimum atomic E-state index is -4.75. The number of piperidine rings is 1. The van der Waals surface area contributed by atoms with Gasteiger partial charge >= 0.3 is 5.69 Å². The van der Waals surface area contributed by atoms with E-state index >= 15 is 0 Å². The number of fused-ring (bicyclic) bond motifs is 2. The normalized spacial score (nSPS) is 21.1. The molecule has 79 heavy (non-hydrogen) atoms. The highest BCUT2D eigenvalue weighted by atomic mass is 32.2. The molecular formula is C58H67FN10O9S. The average Bonchev–Trinajstić information content (AvgIpc) is 4.02. The number of amides is 1. The van der Waals surface area contributed by atoms with Crippen LogP contribution < -0.4 is 24.4 Å². The number of hydrogen-bond acceptors (Lipinski definition) is 16. The second kappa shape index (κ2) is 21.5. The van der Waals surface area contributed by atoms with Crippen LogP contribution in [0.25, 0.3) is 22.1 Å². The van der Waals surface area contributed by atoms with E-state index in [0.717, 1.165) is 100 Å². The molecule has 11 rings (SSSR count). The summed E-state index contributed by atoms with van der Waals surface area (Å²) >= 11 is 0. The summed E-state index contributed by atoms with van der Waals surface area (Å²) in [7, 11) is -3.38. The first kappa shape index (κ1) is 53.8. The van der Waals surface area contributed by atoms with Gasteiger partial charge in [-0.15, -0.1) is 0 Å². The van der Waals surface area contributed by atoms with Crippen molar-refractivity contribution in [3.05, 3.63) is 129 Å². The van der Waals surface area contributed by atoms with E-state index in [0.29, 0.717) is 49.9 Å². The summed E-state index contributed by atoms with van der Waals surface area (Å²) in [5.41, 5.74) is 4.22. The molecule has 2 aromatic carbocycles. The molecule has 7 aromatic rings. The van der Waals surface area contributed by atoms with Crippen molar-refractivity contribution in [3.63, 3.8) is 0 Å². The Morgan fingerprint density at radius 1 is 1.00 bits per heavy atom. The predicted molar refractivity (Wildman–Crippen MR) is 297 cm³/mol. The molecule has 416 valence electrons. The minimum absolute atomic E-state index is 0.0171. The molecule has 1 spiro atoms. The van der Waals surface area contributed by atoms with Gasteiger partial charge in [0.05, 0.1) is 34.8 Å². The van der Waals surface area contributed by atoms with E-state index in [4.69, 9.17) is 13.9 Å². The van der Waals surface area contributed by atoms with E-state index in [-0.39, 0.29) is 57.2 Å². The zero-order valence-electron chi connectivity index (χ0n) is 45.1. The van der Waals surface area contributed by atoms with Crippen LogP contribution in [0.5, 0.6) is 17.4 Å². The molecule has 7 heterocycles. The van der Waals surface area contributed by atoms with Crippen LogP contribution >= 0.6 is 0 Å². The van der Waals surface area contributed by atoms with Crippen LogP contribution in [0.1, 0.15) is 117 Å². The molecule has 5 aromatic heterocycles. The second-order valence-corrected chi connectivity index (χ2v) is 24.4. The number of carbonyl (C=O) groups is 1. The third-order valence-corrected chi connectivity index (χ3v) is 18.3. The lowest BCUT2D eigenvalue weighted by Crippen LogP contribution is -2.60. The van der Waals surface area contributed by atoms with Crippen LogP contribution in [0.15, 0.2) is 94.6 Å². The highest BCUT2D eigenvalue weighted by Gasteiger charge is 2.50. The number of nitrogens with one attached hydrogen (secondary N) is 3. The SMILES string of the molecule is COc1nc2[nH]cc(F)c2cc1Oc1cc(N2CCC3(CC2)CC(N2CCN(Cc4ccnc5oc(C)cc45)C[C@H]2c2ccccc2C(C)C)C3)ccc1C(=O)NS(=O)(=O)c1cnc(NCC2CCC(C)(O)CC2)c([N+](=O)[O-])c1. The Balaban J connectivity index is 0.806. The number of H-pyrrole nitrogens is 1. The second-order valence-electron chi connectivity index (χ2n) is 22.7. The molecule has 2 saturated heterocycles. The van der Waals surface area contributed by atoms with Crippen molar-refractivity contribution in [1.82, 2.24) is 34.5 Å². The molecule has 0 bridgehead atoms. The lowest BCUT2D eigenvalue weighted by Gasteiger charge is -2.58. The maximum atomic E-state index is 14.9. The fraction of sp³-hybridized carbons (Fsp3) is 0.448. The van der Waals surface area contributed by atoms with Crippen LogP contribution in [-0.4, -0.2) is 112 Å². The summed E-state index contributed by atoms with van der Waals surface area (Å²) in [6, 6.07) is 20.9. The van der Waals surface area contributed by atoms with E-state index < -0.39 is 42.9 Å². The maximum Gasteiger partial charge on any atom is 0.312 e. The fourth-order valence-electron chi connectivity index (χ4n) is 12.5. The third kappa shape index (κ3) is 11.1. The Hall–Kier alpha value is -7.20. The van der Waals surface area contributed by atoms with Crippen molar-refractivity contribution >= 4 is 55.3 Å². The number of anilines is 2. The zero-order chi connectivity index (χ0) is 55.4. The van der Waals surface area contributed by atoms with Gasteiger partial charge in [-0.1, -0.05) is 38.1 Å². The zero-order valence-corrected chi connectivity index (χ0v) is 45.9. The molecule has 2 aliphatic carbocycles. The van der Waals surface area contributed by atoms with Gasteiger partial charge in [0.15, 0.2) is 5.75 Å². The van der Waals surface area contributed by atoms with Crippen LogP contribution in [0.4, 0.5) is 21.6 Å². The topological polar surface area (TPSA) is 234 Å². The number of carbonyl (C=O) groups excluding carboxylic acids is 1. The van der Waals surface area contributed by atoms with Gasteiger partial charge < -0.3 is 34.2 Å². The number of methoxy groups -OCH3 is 1. The molecule has 2 aliphatic heterocycles. The number of nitrogens with zero attached hydrogens (tertiary/aromatic N) is 7. The highest BCUT2D eigenvalue weighted by molar-refractivity contribution is 7.90. The molecule has 0 radical (unpaired) electrons. The van der Waals surface area contributed by atoms with Gasteiger partial charge in [0, 0.05) is 99.6 Å². The first-order chi connectivity index (χ1) is 37.8. The average molecular weight is 1100 g/mol. The fourth-order valence-corrected chi connectivity index (χ4v) is 13.4. The number of furan rings is 1. The van der Waals surface area contributed by atoms with Crippen LogP contribution in [-0.2, 0) is 16.6 Å². The number of piperazine rings is 1. The quantitative estimate of drug-likeness (QED) is 0.0520. The lowest BCUT2D eigenvalue weighted by atomic mass is 9.59. The Morgan fingerprint density at radius 2 is 1.77 bits per heavy atom. The number of rotatable bonds is 16. The lowest BCUT2D eigenvalue weighted by molar-refractivity contribution is -0.384. The van der Waals surface area contributed by atoms with Crippen molar-refractivity contribution in [3.8, 4) is 17.4 Å². The number of nitro groups is 1. The van der Waals surface area contributed by atoms with E-state index in [2.05, 4.69) is 94.9 Å². The van der Waals surface area contributed by atoms with Gasteiger partial charge in [0.1, 0.15) is 27.9 Å². The number of aromatic nitrogens is 4. The van der Waals surface area contributed by atoms with E-state index in [1.165, 1.54) is 35.9 Å². The van der Waals surface area contributed by atoms with Gasteiger partial charge in [0.2, 0.25) is 11.5 Å². The predicted octanol–water partition coefficient (Wildman–Crippen LogP) is 10.2.